The molecule has 0 spiro atoms. The number of carbonyl (C=O) groups is 6. The minimum absolute atomic E-state index is 0.100. The largest absolute Gasteiger partial charge is 0.460 e. The molecule has 0 radical (unpaired) electrons. The molecule has 2 aromatic rings. The number of carbonyl (C=O) groups excluding carboxylic acids is 6. The van der Waals surface area contributed by atoms with E-state index in [2.05, 4.69) is 10.6 Å². The number of hydrogen-bond donors (Lipinski definition) is 2. The van der Waals surface area contributed by atoms with Gasteiger partial charge in [0.25, 0.3) is 0 Å². The zero-order valence-corrected chi connectivity index (χ0v) is 31.9. The highest BCUT2D eigenvalue weighted by molar-refractivity contribution is 6.02. The molecule has 2 rings (SSSR count). The summed E-state index contributed by atoms with van der Waals surface area (Å²) >= 11 is 0. The third-order valence-corrected chi connectivity index (χ3v) is 6.90. The van der Waals surface area contributed by atoms with Crippen molar-refractivity contribution in [3.8, 4) is 0 Å². The zero-order chi connectivity index (χ0) is 38.9. The first kappa shape index (κ1) is 44.3. The zero-order valence-electron chi connectivity index (χ0n) is 31.9. The van der Waals surface area contributed by atoms with Crippen LogP contribution in [0.2, 0.25) is 0 Å². The van der Waals surface area contributed by atoms with E-state index >= 15 is 0 Å². The number of Topliss-reactive ketones (excluding diaryl/α,β-unsaturated/α-hetero) is 2. The molecule has 0 aliphatic rings. The second-order valence-electron chi connectivity index (χ2n) is 14.7. The average molecular weight is 713 g/mol. The summed E-state index contributed by atoms with van der Waals surface area (Å²) in [6, 6.07) is 16.8. The Bertz CT molecular complexity index is 1430. The Morgan fingerprint density at radius 3 is 1.37 bits per heavy atom. The topological polar surface area (TPSA) is 163 Å². The standard InChI is InChI=1S/C20H29NO5.C19H27NO5/c1-13(2)16(21-19(24)26-20(4,5)6)17(22)14(3)18(23)25-12-15-10-8-7-9-11-15;1-13(2)17(20-18(23)25-19(3,4)5)15(21)11-16(22)24-12-14-9-7-6-8-10-14/h7-11,13-14,16H,12H2,1-6H3,(H,21,24);6-10,13,17H,11-12H2,1-5H3,(H,20,23)/t14?,16-;17-/m00/s1. The molecule has 0 saturated heterocycles. The van der Waals surface area contributed by atoms with Crippen molar-refractivity contribution in [1.29, 1.82) is 0 Å². The van der Waals surface area contributed by atoms with Crippen LogP contribution in [0.5, 0.6) is 0 Å². The van der Waals surface area contributed by atoms with Crippen LogP contribution in [-0.2, 0) is 51.3 Å². The van der Waals surface area contributed by atoms with Gasteiger partial charge < -0.3 is 29.6 Å². The van der Waals surface area contributed by atoms with Crippen molar-refractivity contribution in [2.75, 3.05) is 0 Å². The van der Waals surface area contributed by atoms with Gasteiger partial charge in [0.05, 0.1) is 12.1 Å². The van der Waals surface area contributed by atoms with E-state index in [9.17, 15) is 28.8 Å². The Morgan fingerprint density at radius 1 is 0.588 bits per heavy atom. The van der Waals surface area contributed by atoms with Crippen molar-refractivity contribution >= 4 is 35.7 Å². The Labute approximate surface area is 302 Å². The molecular formula is C39H56N2O10. The van der Waals surface area contributed by atoms with E-state index in [1.807, 2.05) is 60.7 Å². The third-order valence-electron chi connectivity index (χ3n) is 6.90. The molecule has 282 valence electrons. The van der Waals surface area contributed by atoms with Crippen LogP contribution in [0, 0.1) is 17.8 Å². The molecule has 0 fully saturated rings. The molecule has 2 aromatic carbocycles. The molecule has 0 aliphatic carbocycles. The quantitative estimate of drug-likeness (QED) is 0.122. The molecule has 3 atom stereocenters. The van der Waals surface area contributed by atoms with Gasteiger partial charge in [-0.3, -0.25) is 19.2 Å². The van der Waals surface area contributed by atoms with Crippen LogP contribution in [0.1, 0.15) is 93.7 Å². The Morgan fingerprint density at radius 2 is 0.980 bits per heavy atom. The number of ketones is 2. The van der Waals surface area contributed by atoms with Crippen LogP contribution in [0.4, 0.5) is 9.59 Å². The van der Waals surface area contributed by atoms with Gasteiger partial charge in [0, 0.05) is 0 Å². The highest BCUT2D eigenvalue weighted by Crippen LogP contribution is 2.15. The lowest BCUT2D eigenvalue weighted by atomic mass is 9.92. The predicted octanol–water partition coefficient (Wildman–Crippen LogP) is 6.72. The summed E-state index contributed by atoms with van der Waals surface area (Å²) in [5.74, 6) is -3.40. The minimum atomic E-state index is -0.985. The van der Waals surface area contributed by atoms with E-state index in [0.29, 0.717) is 0 Å². The van der Waals surface area contributed by atoms with Gasteiger partial charge in [-0.1, -0.05) is 88.4 Å². The average Bonchev–Trinajstić information content (AvgIpc) is 3.02. The molecule has 2 N–H and O–H groups in total. The minimum Gasteiger partial charge on any atom is -0.460 e. The molecule has 0 heterocycles. The summed E-state index contributed by atoms with van der Waals surface area (Å²) in [6.07, 6.45) is -1.77. The van der Waals surface area contributed by atoms with Crippen LogP contribution < -0.4 is 10.6 Å². The molecule has 12 heteroatoms. The second-order valence-corrected chi connectivity index (χ2v) is 14.7. The summed E-state index contributed by atoms with van der Waals surface area (Å²) in [5, 5.41) is 5.10. The van der Waals surface area contributed by atoms with Crippen LogP contribution >= 0.6 is 0 Å². The molecule has 0 aliphatic heterocycles. The maximum Gasteiger partial charge on any atom is 0.408 e. The van der Waals surface area contributed by atoms with Gasteiger partial charge in [-0.2, -0.15) is 0 Å². The van der Waals surface area contributed by atoms with Gasteiger partial charge in [0.2, 0.25) is 0 Å². The van der Waals surface area contributed by atoms with Gasteiger partial charge in [-0.15, -0.1) is 0 Å². The number of rotatable bonds is 14. The number of esters is 2. The Kier molecular flexibility index (Phi) is 18.1. The van der Waals surface area contributed by atoms with Gasteiger partial charge in [0.15, 0.2) is 11.6 Å². The fourth-order valence-electron chi connectivity index (χ4n) is 4.33. The van der Waals surface area contributed by atoms with Crippen LogP contribution in [0.25, 0.3) is 0 Å². The van der Waals surface area contributed by atoms with Crippen LogP contribution in [0.3, 0.4) is 0 Å². The van der Waals surface area contributed by atoms with Gasteiger partial charge in [-0.05, 0) is 71.4 Å². The lowest BCUT2D eigenvalue weighted by Gasteiger charge is -2.26. The van der Waals surface area contributed by atoms with Gasteiger partial charge in [-0.25, -0.2) is 9.59 Å². The van der Waals surface area contributed by atoms with Gasteiger partial charge in [0.1, 0.15) is 36.8 Å². The normalized spacial score (nSPS) is 13.0. The fourth-order valence-corrected chi connectivity index (χ4v) is 4.33. The first-order chi connectivity index (χ1) is 23.6. The van der Waals surface area contributed by atoms with E-state index in [1.54, 1.807) is 69.2 Å². The summed E-state index contributed by atoms with van der Waals surface area (Å²) < 4.78 is 20.7. The molecule has 1 unspecified atom stereocenters. The molecule has 0 saturated carbocycles. The number of benzene rings is 2. The number of alkyl carbamates (subject to hydrolysis) is 2. The summed E-state index contributed by atoms with van der Waals surface area (Å²) in [4.78, 5) is 72.9. The maximum atomic E-state index is 12.7. The lowest BCUT2D eigenvalue weighted by molar-refractivity contribution is -0.153. The van der Waals surface area contributed by atoms with Crippen molar-refractivity contribution in [3.05, 3.63) is 71.8 Å². The van der Waals surface area contributed by atoms with E-state index in [1.165, 1.54) is 6.92 Å². The lowest BCUT2D eigenvalue weighted by Crippen LogP contribution is -2.49. The number of amides is 2. The summed E-state index contributed by atoms with van der Waals surface area (Å²) in [6.45, 7) is 19.3. The van der Waals surface area contributed by atoms with Crippen molar-refractivity contribution in [2.45, 2.75) is 119 Å². The molecule has 12 nitrogen and oxygen atoms in total. The highest BCUT2D eigenvalue weighted by atomic mass is 16.6. The van der Waals surface area contributed by atoms with E-state index in [0.717, 1.165) is 11.1 Å². The Hall–Kier alpha value is -4.74. The predicted molar refractivity (Wildman–Crippen MR) is 192 cm³/mol. The Balaban J connectivity index is 0.000000510. The van der Waals surface area contributed by atoms with Crippen molar-refractivity contribution in [2.24, 2.45) is 17.8 Å². The van der Waals surface area contributed by atoms with Crippen molar-refractivity contribution < 1.29 is 47.7 Å². The molecule has 2 amide bonds. The maximum absolute atomic E-state index is 12.7. The summed E-state index contributed by atoms with van der Waals surface area (Å²) in [5.41, 5.74) is 0.349. The first-order valence-electron chi connectivity index (χ1n) is 17.0. The summed E-state index contributed by atoms with van der Waals surface area (Å²) in [7, 11) is 0. The van der Waals surface area contributed by atoms with E-state index in [-0.39, 0.29) is 25.0 Å². The molecular weight excluding hydrogens is 656 g/mol. The van der Waals surface area contributed by atoms with Gasteiger partial charge >= 0.3 is 24.1 Å². The SMILES string of the molecule is CC(C(=O)OCc1ccccc1)C(=O)[C@@H](NC(=O)OC(C)(C)C)C(C)C.CC(C)[C@H](NC(=O)OC(C)(C)C)C(=O)CC(=O)OCc1ccccc1. The number of nitrogens with one attached hydrogen (secondary N) is 2. The van der Waals surface area contributed by atoms with Crippen molar-refractivity contribution in [1.82, 2.24) is 10.6 Å². The molecule has 0 bridgehead atoms. The third kappa shape index (κ3) is 18.7. The van der Waals surface area contributed by atoms with Crippen molar-refractivity contribution in [3.63, 3.8) is 0 Å². The number of hydrogen-bond acceptors (Lipinski definition) is 10. The smallest absolute Gasteiger partial charge is 0.408 e. The second kappa shape index (κ2) is 20.8. The van der Waals surface area contributed by atoms with E-state index < -0.39 is 71.3 Å². The highest BCUT2D eigenvalue weighted by Gasteiger charge is 2.34. The monoisotopic (exact) mass is 712 g/mol. The first-order valence-corrected chi connectivity index (χ1v) is 17.0. The van der Waals surface area contributed by atoms with Crippen LogP contribution in [-0.4, -0.2) is 59.0 Å². The molecule has 0 aromatic heterocycles. The van der Waals surface area contributed by atoms with E-state index in [4.69, 9.17) is 18.9 Å². The fraction of sp³-hybridized carbons (Fsp3) is 0.538. The number of ether oxygens (including phenoxy) is 4. The molecule has 51 heavy (non-hydrogen) atoms. The van der Waals surface area contributed by atoms with Crippen LogP contribution in [0.15, 0.2) is 60.7 Å².